The van der Waals surface area contributed by atoms with Crippen molar-refractivity contribution in [3.63, 3.8) is 0 Å². The zero-order valence-corrected chi connectivity index (χ0v) is 13.5. The summed E-state index contributed by atoms with van der Waals surface area (Å²) < 4.78 is 0. The zero-order valence-electron chi connectivity index (χ0n) is 13.5. The van der Waals surface area contributed by atoms with Crippen molar-refractivity contribution in [2.24, 2.45) is 0 Å². The van der Waals surface area contributed by atoms with Gasteiger partial charge >= 0.3 is 0 Å². The maximum absolute atomic E-state index is 12.4. The monoisotopic (exact) mass is 325 g/mol. The van der Waals surface area contributed by atoms with Crippen LogP contribution in [0.4, 0.5) is 17.1 Å². The normalized spacial score (nSPS) is 13.3. The number of nitrogens with zero attached hydrogens (tertiary/aromatic N) is 2. The maximum Gasteiger partial charge on any atom is 0.292 e. The van der Waals surface area contributed by atoms with Gasteiger partial charge in [-0.3, -0.25) is 14.9 Å². The topological polar surface area (TPSA) is 75.5 Å². The Hall–Kier alpha value is -2.89. The van der Waals surface area contributed by atoms with E-state index in [1.54, 1.807) is 18.2 Å². The highest BCUT2D eigenvalue weighted by Crippen LogP contribution is 2.28. The molecule has 124 valence electrons. The highest BCUT2D eigenvalue weighted by atomic mass is 16.6. The second-order valence-corrected chi connectivity index (χ2v) is 5.98. The number of carbonyl (C=O) groups is 1. The predicted octanol–water partition coefficient (Wildman–Crippen LogP) is 3.29. The van der Waals surface area contributed by atoms with Crippen LogP contribution in [0, 0.1) is 17.0 Å². The number of nitro groups is 1. The lowest BCUT2D eigenvalue weighted by Crippen LogP contribution is -2.36. The van der Waals surface area contributed by atoms with Crippen molar-refractivity contribution in [3.8, 4) is 0 Å². The summed E-state index contributed by atoms with van der Waals surface area (Å²) >= 11 is 0. The Balaban J connectivity index is 1.74. The smallest absolute Gasteiger partial charge is 0.292 e. The lowest BCUT2D eigenvalue weighted by Gasteiger charge is -2.31. The molecule has 0 bridgehead atoms. The van der Waals surface area contributed by atoms with Gasteiger partial charge < -0.3 is 10.2 Å². The van der Waals surface area contributed by atoms with Crippen molar-refractivity contribution >= 4 is 23.0 Å². The minimum atomic E-state index is -0.491. The Morgan fingerprint density at radius 3 is 2.88 bits per heavy atom. The third-order valence-corrected chi connectivity index (χ3v) is 4.16. The molecule has 0 radical (unpaired) electrons. The standard InChI is InChI=1S/C18H19N3O3/c1-13-8-9-16-14(11-13)5-4-10-20(16)12-18(22)19-15-6-2-3-7-17(15)21(23)24/h2-3,6-9,11H,4-5,10,12H2,1H3,(H,19,22). The van der Waals surface area contributed by atoms with E-state index in [1.165, 1.54) is 17.2 Å². The zero-order chi connectivity index (χ0) is 17.1. The number of anilines is 2. The van der Waals surface area contributed by atoms with Crippen LogP contribution >= 0.6 is 0 Å². The van der Waals surface area contributed by atoms with Gasteiger partial charge in [-0.1, -0.05) is 29.8 Å². The van der Waals surface area contributed by atoms with Crippen LogP contribution in [0.1, 0.15) is 17.5 Å². The molecule has 0 atom stereocenters. The van der Waals surface area contributed by atoms with Crippen LogP contribution in [0.5, 0.6) is 0 Å². The van der Waals surface area contributed by atoms with Crippen molar-refractivity contribution in [1.82, 2.24) is 0 Å². The number of aryl methyl sites for hydroxylation is 2. The molecule has 0 unspecified atom stereocenters. The van der Waals surface area contributed by atoms with Crippen LogP contribution in [0.25, 0.3) is 0 Å². The van der Waals surface area contributed by atoms with Crippen LogP contribution in [0.15, 0.2) is 42.5 Å². The Bertz CT molecular complexity index is 789. The minimum absolute atomic E-state index is 0.0967. The Morgan fingerprint density at radius 2 is 2.08 bits per heavy atom. The molecule has 3 rings (SSSR count). The summed E-state index contributed by atoms with van der Waals surface area (Å²) in [4.78, 5) is 24.9. The highest BCUT2D eigenvalue weighted by Gasteiger charge is 2.21. The Morgan fingerprint density at radius 1 is 1.29 bits per heavy atom. The van der Waals surface area contributed by atoms with Gasteiger partial charge in [-0.15, -0.1) is 0 Å². The number of hydrogen-bond acceptors (Lipinski definition) is 4. The fourth-order valence-corrected chi connectivity index (χ4v) is 3.07. The van der Waals surface area contributed by atoms with E-state index in [2.05, 4.69) is 18.3 Å². The summed E-state index contributed by atoms with van der Waals surface area (Å²) in [6, 6.07) is 12.4. The fourth-order valence-electron chi connectivity index (χ4n) is 3.07. The number of amides is 1. The molecule has 0 aliphatic carbocycles. The van der Waals surface area contributed by atoms with Crippen molar-refractivity contribution in [2.75, 3.05) is 23.3 Å². The number of benzene rings is 2. The van der Waals surface area contributed by atoms with Gasteiger partial charge in [0.2, 0.25) is 5.91 Å². The molecule has 6 nitrogen and oxygen atoms in total. The Kier molecular flexibility index (Phi) is 4.46. The van der Waals surface area contributed by atoms with Gasteiger partial charge in [0.05, 0.1) is 11.5 Å². The first-order chi connectivity index (χ1) is 11.5. The number of fused-ring (bicyclic) bond motifs is 1. The van der Waals surface area contributed by atoms with Crippen LogP contribution in [-0.2, 0) is 11.2 Å². The quantitative estimate of drug-likeness (QED) is 0.691. The van der Waals surface area contributed by atoms with Gasteiger partial charge in [0.25, 0.3) is 5.69 Å². The highest BCUT2D eigenvalue weighted by molar-refractivity contribution is 5.96. The Labute approximate surface area is 140 Å². The second-order valence-electron chi connectivity index (χ2n) is 5.98. The molecule has 0 saturated heterocycles. The summed E-state index contributed by atoms with van der Waals surface area (Å²) in [5, 5.41) is 13.7. The van der Waals surface area contributed by atoms with Crippen molar-refractivity contribution in [3.05, 3.63) is 63.7 Å². The summed E-state index contributed by atoms with van der Waals surface area (Å²) in [5.74, 6) is -0.252. The first-order valence-electron chi connectivity index (χ1n) is 7.92. The molecule has 1 aliphatic rings. The molecule has 1 heterocycles. The third-order valence-electron chi connectivity index (χ3n) is 4.16. The molecule has 1 N–H and O–H groups in total. The molecular weight excluding hydrogens is 306 g/mol. The summed E-state index contributed by atoms with van der Waals surface area (Å²) in [6.07, 6.45) is 2.01. The first-order valence-corrected chi connectivity index (χ1v) is 7.92. The first kappa shape index (κ1) is 16.0. The average molecular weight is 325 g/mol. The van der Waals surface area contributed by atoms with Gasteiger partial charge in [-0.2, -0.15) is 0 Å². The van der Waals surface area contributed by atoms with Crippen LogP contribution in [0.2, 0.25) is 0 Å². The van der Waals surface area contributed by atoms with Crippen molar-refractivity contribution in [2.45, 2.75) is 19.8 Å². The number of rotatable bonds is 4. The molecule has 0 spiro atoms. The van der Waals surface area contributed by atoms with Gasteiger partial charge in [0.1, 0.15) is 5.69 Å². The molecule has 2 aromatic carbocycles. The van der Waals surface area contributed by atoms with E-state index in [0.717, 1.165) is 25.1 Å². The molecule has 0 aromatic heterocycles. The largest absolute Gasteiger partial charge is 0.362 e. The number of nitrogens with one attached hydrogen (secondary N) is 1. The number of para-hydroxylation sites is 2. The second kappa shape index (κ2) is 6.70. The van der Waals surface area contributed by atoms with E-state index < -0.39 is 4.92 Å². The molecular formula is C18H19N3O3. The number of nitro benzene ring substituents is 1. The molecule has 1 aliphatic heterocycles. The fraction of sp³-hybridized carbons (Fsp3) is 0.278. The molecule has 0 saturated carbocycles. The molecule has 0 fully saturated rings. The van der Waals surface area contributed by atoms with Gasteiger partial charge in [0.15, 0.2) is 0 Å². The van der Waals surface area contributed by atoms with Crippen molar-refractivity contribution in [1.29, 1.82) is 0 Å². The van der Waals surface area contributed by atoms with Gasteiger partial charge in [-0.05, 0) is 37.5 Å². The molecule has 6 heteroatoms. The number of hydrogen-bond donors (Lipinski definition) is 1. The van der Waals surface area contributed by atoms with E-state index in [-0.39, 0.29) is 23.8 Å². The summed E-state index contributed by atoms with van der Waals surface area (Å²) in [6.45, 7) is 3.04. The van der Waals surface area contributed by atoms with E-state index in [9.17, 15) is 14.9 Å². The van der Waals surface area contributed by atoms with Crippen LogP contribution in [0.3, 0.4) is 0 Å². The van der Waals surface area contributed by atoms with Gasteiger partial charge in [-0.25, -0.2) is 0 Å². The van der Waals surface area contributed by atoms with E-state index in [4.69, 9.17) is 0 Å². The van der Waals surface area contributed by atoms with E-state index in [1.807, 2.05) is 17.0 Å². The van der Waals surface area contributed by atoms with E-state index in [0.29, 0.717) is 0 Å². The molecule has 24 heavy (non-hydrogen) atoms. The lowest BCUT2D eigenvalue weighted by molar-refractivity contribution is -0.383. The lowest BCUT2D eigenvalue weighted by atomic mass is 9.99. The van der Waals surface area contributed by atoms with Crippen LogP contribution in [-0.4, -0.2) is 23.9 Å². The van der Waals surface area contributed by atoms with Gasteiger partial charge in [0, 0.05) is 18.3 Å². The molecule has 1 amide bonds. The SMILES string of the molecule is Cc1ccc2c(c1)CCCN2CC(=O)Nc1ccccc1[N+](=O)[O-]. The molecule has 2 aromatic rings. The third kappa shape index (κ3) is 3.37. The summed E-state index contributed by atoms with van der Waals surface area (Å²) in [5.41, 5.74) is 3.67. The van der Waals surface area contributed by atoms with Crippen LogP contribution < -0.4 is 10.2 Å². The maximum atomic E-state index is 12.4. The number of carbonyl (C=O) groups excluding carboxylic acids is 1. The minimum Gasteiger partial charge on any atom is -0.362 e. The average Bonchev–Trinajstić information content (AvgIpc) is 2.55. The summed E-state index contributed by atoms with van der Waals surface area (Å²) in [7, 11) is 0. The van der Waals surface area contributed by atoms with E-state index >= 15 is 0 Å². The van der Waals surface area contributed by atoms with Crippen molar-refractivity contribution < 1.29 is 9.72 Å². The predicted molar refractivity (Wildman–Crippen MR) is 93.4 cm³/mol.